The molecule has 1 aliphatic carbocycles. The highest BCUT2D eigenvalue weighted by atomic mass is 35.5. The number of amides is 2. The summed E-state index contributed by atoms with van der Waals surface area (Å²) < 4.78 is 0. The molecule has 7 heteroatoms. The van der Waals surface area contributed by atoms with Crippen molar-refractivity contribution in [3.63, 3.8) is 0 Å². The molecule has 1 spiro atoms. The molecule has 3 fully saturated rings. The summed E-state index contributed by atoms with van der Waals surface area (Å²) in [5.74, 6) is -0.149. The smallest absolute Gasteiger partial charge is 0.248 e. The van der Waals surface area contributed by atoms with Gasteiger partial charge in [0, 0.05) is 19.6 Å². The summed E-state index contributed by atoms with van der Waals surface area (Å²) in [6.45, 7) is 8.23. The number of hydrogen-bond acceptors (Lipinski definition) is 4. The summed E-state index contributed by atoms with van der Waals surface area (Å²) in [6, 6.07) is 20.0. The van der Waals surface area contributed by atoms with Crippen molar-refractivity contribution < 1.29 is 14.7 Å². The maximum Gasteiger partial charge on any atom is 0.248 e. The fourth-order valence-corrected chi connectivity index (χ4v) is 7.47. The maximum atomic E-state index is 14.0. The maximum absolute atomic E-state index is 14.0. The third kappa shape index (κ3) is 5.71. The number of likely N-dealkylation sites (tertiary alicyclic amines) is 1. The summed E-state index contributed by atoms with van der Waals surface area (Å²) in [6.07, 6.45) is 9.19. The van der Waals surface area contributed by atoms with Crippen molar-refractivity contribution in [2.75, 3.05) is 19.6 Å². The molecule has 222 valence electrons. The molecule has 2 N–H and O–H groups in total. The number of unbranched alkanes of at least 4 members (excludes halogenated alkanes) is 1. The van der Waals surface area contributed by atoms with Crippen LogP contribution in [0.5, 0.6) is 0 Å². The van der Waals surface area contributed by atoms with E-state index in [0.29, 0.717) is 32.5 Å². The highest BCUT2D eigenvalue weighted by Gasteiger charge is 2.56. The molecular formula is C34H46ClN3O3. The predicted molar refractivity (Wildman–Crippen MR) is 166 cm³/mol. The molecule has 0 unspecified atom stereocenters. The quantitative estimate of drug-likeness (QED) is 0.388. The fourth-order valence-electron chi connectivity index (χ4n) is 7.47. The summed E-state index contributed by atoms with van der Waals surface area (Å²) >= 11 is 0. The van der Waals surface area contributed by atoms with E-state index in [2.05, 4.69) is 72.3 Å². The lowest BCUT2D eigenvalue weighted by molar-refractivity contribution is -0.166. The van der Waals surface area contributed by atoms with Gasteiger partial charge in [0.25, 0.3) is 0 Å². The van der Waals surface area contributed by atoms with Crippen molar-refractivity contribution in [1.29, 1.82) is 0 Å². The van der Waals surface area contributed by atoms with Crippen molar-refractivity contribution in [3.05, 3.63) is 84.4 Å². The van der Waals surface area contributed by atoms with Crippen LogP contribution in [0.15, 0.2) is 73.3 Å². The van der Waals surface area contributed by atoms with Crippen LogP contribution in [0.1, 0.15) is 75.8 Å². The number of nitrogens with one attached hydrogen (secondary N) is 1. The van der Waals surface area contributed by atoms with Gasteiger partial charge < -0.3 is 15.3 Å². The molecule has 0 bridgehead atoms. The molecule has 3 aliphatic rings. The average Bonchev–Trinajstić information content (AvgIpc) is 3.01. The predicted octanol–water partition coefficient (Wildman–Crippen LogP) is 5.44. The van der Waals surface area contributed by atoms with Gasteiger partial charge in [-0.15, -0.1) is 19.0 Å². The number of piperazine rings is 1. The van der Waals surface area contributed by atoms with Crippen LogP contribution in [-0.2, 0) is 15.1 Å². The van der Waals surface area contributed by atoms with Crippen LogP contribution in [0.2, 0.25) is 0 Å². The zero-order valence-electron chi connectivity index (χ0n) is 24.3. The lowest BCUT2D eigenvalue weighted by Gasteiger charge is -2.55. The van der Waals surface area contributed by atoms with E-state index < -0.39 is 23.2 Å². The van der Waals surface area contributed by atoms with Crippen molar-refractivity contribution >= 4 is 24.2 Å². The Balaban J connectivity index is 0.00000387. The highest BCUT2D eigenvalue weighted by molar-refractivity contribution is 6.00. The van der Waals surface area contributed by atoms with Crippen LogP contribution in [0.25, 0.3) is 0 Å². The van der Waals surface area contributed by atoms with E-state index in [1.807, 2.05) is 23.1 Å². The lowest BCUT2D eigenvalue weighted by Crippen LogP contribution is -2.75. The topological polar surface area (TPSA) is 72.9 Å². The number of aliphatic hydroxyl groups is 1. The second kappa shape index (κ2) is 13.5. The first-order valence-electron chi connectivity index (χ1n) is 15.3. The van der Waals surface area contributed by atoms with Gasteiger partial charge in [-0.05, 0) is 49.1 Å². The third-order valence-electron chi connectivity index (χ3n) is 9.78. The largest absolute Gasteiger partial charge is 0.390 e. The summed E-state index contributed by atoms with van der Waals surface area (Å²) in [5, 5.41) is 14.3. The summed E-state index contributed by atoms with van der Waals surface area (Å²) in [5.41, 5.74) is 0.823. The van der Waals surface area contributed by atoms with Gasteiger partial charge in [-0.3, -0.25) is 14.5 Å². The van der Waals surface area contributed by atoms with Gasteiger partial charge in [-0.25, -0.2) is 0 Å². The van der Waals surface area contributed by atoms with Crippen LogP contribution in [0, 0.1) is 5.92 Å². The first-order valence-corrected chi connectivity index (χ1v) is 15.3. The van der Waals surface area contributed by atoms with E-state index in [4.69, 9.17) is 0 Å². The Morgan fingerprint density at radius 1 is 1.00 bits per heavy atom. The number of aliphatic hydroxyl groups excluding tert-OH is 1. The van der Waals surface area contributed by atoms with Crippen LogP contribution in [-0.4, -0.2) is 64.0 Å². The monoisotopic (exact) mass is 579 g/mol. The number of nitrogens with zero attached hydrogens (tertiary/aromatic N) is 2. The molecule has 2 atom stereocenters. The van der Waals surface area contributed by atoms with Crippen LogP contribution in [0.4, 0.5) is 0 Å². The van der Waals surface area contributed by atoms with Crippen molar-refractivity contribution in [2.24, 2.45) is 5.92 Å². The fraction of sp³-hybridized carbons (Fsp3) is 0.529. The van der Waals surface area contributed by atoms with E-state index >= 15 is 0 Å². The molecule has 2 saturated heterocycles. The number of halogens is 1. The first kappa shape index (κ1) is 31.3. The SMILES string of the molecule is C=CC(c1ccccc1)(c1ccccc1)N1CCC2(CC1)C(=O)N[C@H]([C@H](O)C1CCCCC1)C(=O)N2CCCC.Cl. The molecule has 2 aromatic carbocycles. The van der Waals surface area contributed by atoms with E-state index in [1.165, 1.54) is 6.42 Å². The Hall–Kier alpha value is -2.67. The third-order valence-corrected chi connectivity index (χ3v) is 9.78. The number of carbonyl (C=O) groups excluding carboxylic acids is 2. The number of rotatable bonds is 9. The van der Waals surface area contributed by atoms with Gasteiger partial charge in [-0.1, -0.05) is 99.3 Å². The van der Waals surface area contributed by atoms with Gasteiger partial charge >= 0.3 is 0 Å². The number of benzene rings is 2. The Morgan fingerprint density at radius 3 is 2.07 bits per heavy atom. The van der Waals surface area contributed by atoms with Crippen molar-refractivity contribution in [2.45, 2.75) is 87.9 Å². The van der Waals surface area contributed by atoms with Crippen molar-refractivity contribution in [3.8, 4) is 0 Å². The highest BCUT2D eigenvalue weighted by Crippen LogP contribution is 2.43. The van der Waals surface area contributed by atoms with Gasteiger partial charge in [0.2, 0.25) is 11.8 Å². The Bertz CT molecular complexity index is 1120. The number of hydrogen-bond donors (Lipinski definition) is 2. The zero-order chi connectivity index (χ0) is 28.2. The van der Waals surface area contributed by atoms with Gasteiger partial charge in [-0.2, -0.15) is 0 Å². The molecule has 2 heterocycles. The number of carbonyl (C=O) groups is 2. The minimum absolute atomic E-state index is 0. The molecule has 41 heavy (non-hydrogen) atoms. The zero-order valence-corrected chi connectivity index (χ0v) is 25.2. The van der Waals surface area contributed by atoms with Gasteiger partial charge in [0.05, 0.1) is 11.6 Å². The minimum Gasteiger partial charge on any atom is -0.390 e. The molecule has 2 aromatic rings. The minimum atomic E-state index is -0.897. The summed E-state index contributed by atoms with van der Waals surface area (Å²) in [4.78, 5) is 32.3. The second-order valence-corrected chi connectivity index (χ2v) is 11.9. The van der Waals surface area contributed by atoms with Gasteiger partial charge in [0.1, 0.15) is 11.6 Å². The normalized spacial score (nSPS) is 22.6. The molecular weight excluding hydrogens is 534 g/mol. The first-order chi connectivity index (χ1) is 19.5. The standard InChI is InChI=1S/C34H45N3O3.ClH/c1-3-5-23-37-31(39)29(30(38)26-15-9-6-10-16-26)35-32(40)33(37)21-24-36(25-22-33)34(4-2,27-17-11-7-12-18-27)28-19-13-8-14-20-28;/h4,7-8,11-14,17-20,26,29-30,38H,2-3,5-6,9-10,15-16,21-25H2,1H3,(H,35,40);1H/t29-,30-;/m1./s1. The van der Waals surface area contributed by atoms with Gasteiger partial charge in [0.15, 0.2) is 0 Å². The van der Waals surface area contributed by atoms with Crippen LogP contribution >= 0.6 is 12.4 Å². The molecule has 6 nitrogen and oxygen atoms in total. The molecule has 0 radical (unpaired) electrons. The van der Waals surface area contributed by atoms with E-state index in [0.717, 1.165) is 49.7 Å². The second-order valence-electron chi connectivity index (χ2n) is 11.9. The van der Waals surface area contributed by atoms with Crippen LogP contribution in [0.3, 0.4) is 0 Å². The van der Waals surface area contributed by atoms with E-state index in [-0.39, 0.29) is 30.1 Å². The van der Waals surface area contributed by atoms with E-state index in [1.54, 1.807) is 0 Å². The Morgan fingerprint density at radius 2 is 1.56 bits per heavy atom. The van der Waals surface area contributed by atoms with Crippen LogP contribution < -0.4 is 5.32 Å². The molecule has 5 rings (SSSR count). The molecule has 1 saturated carbocycles. The van der Waals surface area contributed by atoms with E-state index in [9.17, 15) is 14.7 Å². The Kier molecular flexibility index (Phi) is 10.3. The Labute approximate surface area is 251 Å². The molecule has 2 amide bonds. The lowest BCUT2D eigenvalue weighted by atomic mass is 9.75. The molecule has 2 aliphatic heterocycles. The molecule has 0 aromatic heterocycles. The number of piperidine rings is 1. The summed E-state index contributed by atoms with van der Waals surface area (Å²) in [7, 11) is 0. The van der Waals surface area contributed by atoms with Crippen molar-refractivity contribution in [1.82, 2.24) is 15.1 Å². The average molecular weight is 580 g/mol.